The van der Waals surface area contributed by atoms with E-state index in [0.29, 0.717) is 0 Å². The predicted octanol–water partition coefficient (Wildman–Crippen LogP) is 11.7. The van der Waals surface area contributed by atoms with Crippen LogP contribution < -0.4 is 0 Å². The van der Waals surface area contributed by atoms with Crippen molar-refractivity contribution in [3.05, 3.63) is 221 Å². The number of rotatable bonds is 4. The average molecular weight is 650 g/mol. The van der Waals surface area contributed by atoms with E-state index in [1.54, 1.807) is 0 Å². The normalized spacial score (nSPS) is 13.3. The van der Waals surface area contributed by atoms with E-state index in [9.17, 15) is 4.79 Å². The van der Waals surface area contributed by atoms with Crippen LogP contribution in [0.3, 0.4) is 0 Å². The molecular formula is C49H31NO. The number of ketones is 1. The molecule has 238 valence electrons. The first-order valence-corrected chi connectivity index (χ1v) is 17.4. The van der Waals surface area contributed by atoms with Crippen molar-refractivity contribution in [2.45, 2.75) is 5.41 Å². The van der Waals surface area contributed by atoms with Gasteiger partial charge >= 0.3 is 0 Å². The smallest absolute Gasteiger partial charge is 0.193 e. The third-order valence-corrected chi connectivity index (χ3v) is 10.7. The van der Waals surface area contributed by atoms with Gasteiger partial charge in [0.25, 0.3) is 0 Å². The van der Waals surface area contributed by atoms with Gasteiger partial charge in [0.15, 0.2) is 5.78 Å². The Morgan fingerprint density at radius 1 is 0.333 bits per heavy atom. The molecule has 2 aliphatic rings. The lowest BCUT2D eigenvalue weighted by Crippen LogP contribution is -2.36. The Kier molecular flexibility index (Phi) is 6.59. The molecule has 51 heavy (non-hydrogen) atoms. The lowest BCUT2D eigenvalue weighted by atomic mass is 9.61. The molecule has 0 saturated heterocycles. The number of aromatic nitrogens is 1. The highest BCUT2D eigenvalue weighted by molar-refractivity contribution is 6.15. The summed E-state index contributed by atoms with van der Waals surface area (Å²) in [4.78, 5) is 19.3. The minimum absolute atomic E-state index is 0.0814. The maximum Gasteiger partial charge on any atom is 0.193 e. The molecule has 0 amide bonds. The Morgan fingerprint density at radius 2 is 0.784 bits per heavy atom. The fourth-order valence-electron chi connectivity index (χ4n) is 8.53. The Balaban J connectivity index is 1.26. The molecule has 8 aromatic rings. The summed E-state index contributed by atoms with van der Waals surface area (Å²) in [5, 5.41) is 0. The first-order valence-electron chi connectivity index (χ1n) is 17.4. The summed E-state index contributed by atoms with van der Waals surface area (Å²) in [5.41, 5.74) is 16.3. The van der Waals surface area contributed by atoms with E-state index < -0.39 is 5.41 Å². The van der Waals surface area contributed by atoms with Crippen molar-refractivity contribution in [2.75, 3.05) is 0 Å². The van der Waals surface area contributed by atoms with Crippen molar-refractivity contribution in [3.8, 4) is 55.9 Å². The third-order valence-electron chi connectivity index (χ3n) is 10.7. The molecule has 1 heterocycles. The van der Waals surface area contributed by atoms with Crippen molar-refractivity contribution in [3.63, 3.8) is 0 Å². The van der Waals surface area contributed by atoms with Crippen LogP contribution in [0.2, 0.25) is 0 Å². The number of nitrogens with zero attached hydrogens (tertiary/aromatic N) is 1. The first-order chi connectivity index (χ1) is 25.2. The zero-order valence-electron chi connectivity index (χ0n) is 27.8. The largest absolute Gasteiger partial charge is 0.289 e. The van der Waals surface area contributed by atoms with Crippen LogP contribution in [0, 0.1) is 0 Å². The van der Waals surface area contributed by atoms with Crippen LogP contribution in [0.15, 0.2) is 188 Å². The SMILES string of the molecule is O=C1c2ccccc2C2(c3ccccc31)c1ccccc1-c1c(-c3cc(-c4ccccc4)nc(-c4cccc(-c5ccccc5)c4)c3)cccc12. The van der Waals surface area contributed by atoms with Crippen LogP contribution in [0.25, 0.3) is 55.9 Å². The van der Waals surface area contributed by atoms with Gasteiger partial charge in [-0.05, 0) is 73.8 Å². The van der Waals surface area contributed by atoms with E-state index in [1.807, 2.05) is 36.4 Å². The van der Waals surface area contributed by atoms with Crippen molar-refractivity contribution in [1.29, 1.82) is 0 Å². The average Bonchev–Trinajstić information content (AvgIpc) is 3.51. The van der Waals surface area contributed by atoms with E-state index in [1.165, 1.54) is 27.8 Å². The maximum absolute atomic E-state index is 14.0. The minimum atomic E-state index is -0.634. The lowest BCUT2D eigenvalue weighted by molar-refractivity contribution is 0.103. The molecule has 0 saturated carbocycles. The third kappa shape index (κ3) is 4.36. The summed E-state index contributed by atoms with van der Waals surface area (Å²) in [5.74, 6) is 0.0814. The number of hydrogen-bond acceptors (Lipinski definition) is 2. The van der Waals surface area contributed by atoms with Gasteiger partial charge in [0.1, 0.15) is 0 Å². The highest BCUT2D eigenvalue weighted by atomic mass is 16.1. The number of carbonyl (C=O) groups excluding carboxylic acids is 1. The first kappa shape index (κ1) is 29.3. The van der Waals surface area contributed by atoms with Gasteiger partial charge in [0.2, 0.25) is 0 Å². The van der Waals surface area contributed by atoms with E-state index in [2.05, 4.69) is 152 Å². The molecule has 0 radical (unpaired) electrons. The van der Waals surface area contributed by atoms with Gasteiger partial charge in [0, 0.05) is 22.3 Å². The van der Waals surface area contributed by atoms with Gasteiger partial charge in [-0.1, -0.05) is 170 Å². The minimum Gasteiger partial charge on any atom is -0.289 e. The fourth-order valence-corrected chi connectivity index (χ4v) is 8.53. The van der Waals surface area contributed by atoms with Gasteiger partial charge in [0.05, 0.1) is 16.8 Å². The number of carbonyl (C=O) groups is 1. The molecular weight excluding hydrogens is 619 g/mol. The summed E-state index contributed by atoms with van der Waals surface area (Å²) < 4.78 is 0. The Bertz CT molecular complexity index is 2610. The molecule has 0 N–H and O–H groups in total. The van der Waals surface area contributed by atoms with E-state index in [0.717, 1.165) is 61.5 Å². The molecule has 0 aliphatic heterocycles. The van der Waals surface area contributed by atoms with E-state index in [-0.39, 0.29) is 5.78 Å². The molecule has 0 unspecified atom stereocenters. The summed E-state index contributed by atoms with van der Waals surface area (Å²) in [6.45, 7) is 0. The summed E-state index contributed by atoms with van der Waals surface area (Å²) >= 11 is 0. The topological polar surface area (TPSA) is 30.0 Å². The molecule has 7 aromatic carbocycles. The van der Waals surface area contributed by atoms with Crippen molar-refractivity contribution in [2.24, 2.45) is 0 Å². The number of hydrogen-bond donors (Lipinski definition) is 0. The van der Waals surface area contributed by atoms with Crippen LogP contribution in [0.1, 0.15) is 38.2 Å². The molecule has 10 rings (SSSR count). The Morgan fingerprint density at radius 3 is 1.45 bits per heavy atom. The van der Waals surface area contributed by atoms with Gasteiger partial charge in [-0.2, -0.15) is 0 Å². The quantitative estimate of drug-likeness (QED) is 0.190. The van der Waals surface area contributed by atoms with E-state index in [4.69, 9.17) is 4.98 Å². The monoisotopic (exact) mass is 649 g/mol. The van der Waals surface area contributed by atoms with Crippen LogP contribution >= 0.6 is 0 Å². The maximum atomic E-state index is 14.0. The standard InChI is InChI=1S/C49H31NO/c51-48-39-22-8-11-26-42(39)49(43-27-12-9-23-40(43)48)41-25-10-7-21-38(41)47-37(24-14-28-44(47)49)36-30-45(33-17-5-2-6-18-33)50-46(31-36)35-20-13-19-34(29-35)32-15-3-1-4-16-32/h1-31H. The van der Waals surface area contributed by atoms with Crippen molar-refractivity contribution < 1.29 is 4.79 Å². The van der Waals surface area contributed by atoms with E-state index >= 15 is 0 Å². The number of pyridine rings is 1. The molecule has 2 nitrogen and oxygen atoms in total. The fraction of sp³-hybridized carbons (Fsp3) is 0.0204. The molecule has 0 fully saturated rings. The molecule has 1 aromatic heterocycles. The highest BCUT2D eigenvalue weighted by Crippen LogP contribution is 2.61. The van der Waals surface area contributed by atoms with Crippen molar-refractivity contribution in [1.82, 2.24) is 4.98 Å². The Hall–Kier alpha value is -6.64. The molecule has 2 heteroatoms. The van der Waals surface area contributed by atoms with Crippen LogP contribution in [-0.2, 0) is 5.41 Å². The summed E-state index contributed by atoms with van der Waals surface area (Å²) in [6.07, 6.45) is 0. The zero-order chi connectivity index (χ0) is 33.9. The second-order valence-corrected chi connectivity index (χ2v) is 13.4. The second-order valence-electron chi connectivity index (χ2n) is 13.4. The van der Waals surface area contributed by atoms with Crippen LogP contribution in [0.5, 0.6) is 0 Å². The summed E-state index contributed by atoms with van der Waals surface area (Å²) in [7, 11) is 0. The zero-order valence-corrected chi connectivity index (χ0v) is 27.8. The molecule has 1 spiro atoms. The van der Waals surface area contributed by atoms with Gasteiger partial charge < -0.3 is 0 Å². The summed E-state index contributed by atoms with van der Waals surface area (Å²) in [6, 6.07) is 65.9. The van der Waals surface area contributed by atoms with Gasteiger partial charge in [-0.15, -0.1) is 0 Å². The molecule has 0 bridgehead atoms. The molecule has 0 atom stereocenters. The lowest BCUT2D eigenvalue weighted by Gasteiger charge is -2.39. The van der Waals surface area contributed by atoms with Crippen LogP contribution in [0.4, 0.5) is 0 Å². The van der Waals surface area contributed by atoms with Crippen molar-refractivity contribution >= 4 is 5.78 Å². The number of fused-ring (bicyclic) bond motifs is 9. The second kappa shape index (κ2) is 11.5. The van der Waals surface area contributed by atoms with Gasteiger partial charge in [-0.3, -0.25) is 4.79 Å². The Labute approximate surface area is 297 Å². The predicted molar refractivity (Wildman–Crippen MR) is 207 cm³/mol. The number of benzene rings is 7. The van der Waals surface area contributed by atoms with Crippen LogP contribution in [-0.4, -0.2) is 10.8 Å². The van der Waals surface area contributed by atoms with Gasteiger partial charge in [-0.25, -0.2) is 4.98 Å². The highest BCUT2D eigenvalue weighted by Gasteiger charge is 2.51. The molecule has 2 aliphatic carbocycles.